The summed E-state index contributed by atoms with van der Waals surface area (Å²) in [6.45, 7) is 2.64. The highest BCUT2D eigenvalue weighted by Crippen LogP contribution is 2.11. The van der Waals surface area contributed by atoms with Gasteiger partial charge in [0.2, 0.25) is 0 Å². The van der Waals surface area contributed by atoms with Crippen molar-refractivity contribution < 1.29 is 9.90 Å². The Bertz CT molecular complexity index is 567. The van der Waals surface area contributed by atoms with E-state index in [2.05, 4.69) is 22.1 Å². The lowest BCUT2D eigenvalue weighted by Gasteiger charge is -2.14. The van der Waals surface area contributed by atoms with Crippen LogP contribution >= 0.6 is 11.3 Å². The predicted molar refractivity (Wildman–Crippen MR) is 90.4 cm³/mol. The van der Waals surface area contributed by atoms with Gasteiger partial charge in [-0.1, -0.05) is 12.1 Å². The third-order valence-corrected chi connectivity index (χ3v) is 4.10. The summed E-state index contributed by atoms with van der Waals surface area (Å²) in [5.41, 5.74) is 2.41. The van der Waals surface area contributed by atoms with Gasteiger partial charge in [0.1, 0.15) is 5.75 Å². The molecule has 1 aromatic carbocycles. The first-order valence-corrected chi connectivity index (χ1v) is 8.41. The monoisotopic (exact) mass is 318 g/mol. The maximum atomic E-state index is 11.8. The average molecular weight is 318 g/mol. The molecule has 0 aliphatic carbocycles. The van der Waals surface area contributed by atoms with Crippen molar-refractivity contribution >= 4 is 17.4 Å². The van der Waals surface area contributed by atoms with E-state index in [4.69, 9.17) is 0 Å². The average Bonchev–Trinajstić information content (AvgIpc) is 2.98. The van der Waals surface area contributed by atoms with Crippen molar-refractivity contribution in [2.75, 3.05) is 6.54 Å². The lowest BCUT2D eigenvalue weighted by molar-refractivity contribution is 0.237. The van der Waals surface area contributed by atoms with Gasteiger partial charge in [0.15, 0.2) is 0 Å². The minimum atomic E-state index is -0.117. The minimum absolute atomic E-state index is 0.117. The van der Waals surface area contributed by atoms with Crippen LogP contribution in [0.4, 0.5) is 4.79 Å². The number of thiophene rings is 1. The molecule has 1 heterocycles. The van der Waals surface area contributed by atoms with Crippen LogP contribution in [0.1, 0.15) is 24.5 Å². The fourth-order valence-corrected chi connectivity index (χ4v) is 2.93. The molecule has 2 aromatic rings. The molecule has 4 nitrogen and oxygen atoms in total. The third-order valence-electron chi connectivity index (χ3n) is 3.36. The van der Waals surface area contributed by atoms with E-state index in [0.29, 0.717) is 6.54 Å². The molecular weight excluding hydrogens is 296 g/mol. The highest BCUT2D eigenvalue weighted by Gasteiger charge is 2.07. The second-order valence-electron chi connectivity index (χ2n) is 5.41. The standard InChI is InChI=1S/C17H22N2O2S/c1-13(11-15-8-10-22-12-15)19-17(21)18-9-2-3-14-4-6-16(20)7-5-14/h4-8,10,12-13,20H,2-3,9,11H2,1H3,(H2,18,19,21). The number of aromatic hydroxyl groups is 1. The quantitative estimate of drug-likeness (QED) is 0.686. The Kier molecular flexibility index (Phi) is 6.27. The molecule has 0 aliphatic heterocycles. The Morgan fingerprint density at radius 1 is 1.23 bits per heavy atom. The summed E-state index contributed by atoms with van der Waals surface area (Å²) in [7, 11) is 0. The minimum Gasteiger partial charge on any atom is -0.508 e. The fraction of sp³-hybridized carbons (Fsp3) is 0.353. The molecule has 2 amide bonds. The number of phenols is 1. The molecule has 2 rings (SSSR count). The topological polar surface area (TPSA) is 61.4 Å². The number of rotatable bonds is 7. The van der Waals surface area contributed by atoms with Crippen molar-refractivity contribution in [1.29, 1.82) is 0 Å². The van der Waals surface area contributed by atoms with E-state index >= 15 is 0 Å². The van der Waals surface area contributed by atoms with Gasteiger partial charge in [-0.15, -0.1) is 0 Å². The Morgan fingerprint density at radius 2 is 2.00 bits per heavy atom. The largest absolute Gasteiger partial charge is 0.508 e. The van der Waals surface area contributed by atoms with Crippen molar-refractivity contribution in [3.8, 4) is 5.75 Å². The smallest absolute Gasteiger partial charge is 0.315 e. The van der Waals surface area contributed by atoms with E-state index < -0.39 is 0 Å². The van der Waals surface area contributed by atoms with E-state index in [1.807, 2.05) is 24.4 Å². The second kappa shape index (κ2) is 8.44. The first-order chi connectivity index (χ1) is 10.6. The van der Waals surface area contributed by atoms with Gasteiger partial charge in [0.05, 0.1) is 0 Å². The molecule has 1 aromatic heterocycles. The Balaban J connectivity index is 1.60. The van der Waals surface area contributed by atoms with Crippen molar-refractivity contribution in [1.82, 2.24) is 10.6 Å². The third kappa shape index (κ3) is 5.77. The van der Waals surface area contributed by atoms with Crippen molar-refractivity contribution in [2.24, 2.45) is 0 Å². The molecule has 0 radical (unpaired) electrons. The van der Waals surface area contributed by atoms with Crippen LogP contribution in [-0.2, 0) is 12.8 Å². The predicted octanol–water partition coefficient (Wildman–Crippen LogP) is 3.32. The molecule has 1 unspecified atom stereocenters. The number of hydrogen-bond acceptors (Lipinski definition) is 3. The number of phenolic OH excluding ortho intramolecular Hbond substituents is 1. The van der Waals surface area contributed by atoms with Crippen molar-refractivity contribution in [2.45, 2.75) is 32.2 Å². The summed E-state index contributed by atoms with van der Waals surface area (Å²) in [4.78, 5) is 11.8. The van der Waals surface area contributed by atoms with Crippen LogP contribution in [-0.4, -0.2) is 23.7 Å². The van der Waals surface area contributed by atoms with Crippen LogP contribution in [0.3, 0.4) is 0 Å². The molecule has 5 heteroatoms. The molecule has 22 heavy (non-hydrogen) atoms. The highest BCUT2D eigenvalue weighted by molar-refractivity contribution is 7.07. The van der Waals surface area contributed by atoms with E-state index in [-0.39, 0.29) is 17.8 Å². The molecule has 0 fully saturated rings. The number of hydrogen-bond donors (Lipinski definition) is 3. The fourth-order valence-electron chi connectivity index (χ4n) is 2.25. The SMILES string of the molecule is CC(Cc1ccsc1)NC(=O)NCCCc1ccc(O)cc1. The van der Waals surface area contributed by atoms with Gasteiger partial charge >= 0.3 is 6.03 Å². The normalized spacial score (nSPS) is 11.9. The van der Waals surface area contributed by atoms with Crippen LogP contribution in [0, 0.1) is 0 Å². The molecule has 1 atom stereocenters. The Morgan fingerprint density at radius 3 is 2.68 bits per heavy atom. The van der Waals surface area contributed by atoms with Crippen LogP contribution in [0.15, 0.2) is 41.1 Å². The first-order valence-electron chi connectivity index (χ1n) is 7.47. The van der Waals surface area contributed by atoms with Crippen LogP contribution in [0.25, 0.3) is 0 Å². The molecule has 0 aliphatic rings. The van der Waals surface area contributed by atoms with E-state index in [1.54, 1.807) is 23.5 Å². The van der Waals surface area contributed by atoms with Crippen LogP contribution in [0.5, 0.6) is 5.75 Å². The molecule has 118 valence electrons. The van der Waals surface area contributed by atoms with Gasteiger partial charge in [-0.25, -0.2) is 4.79 Å². The van der Waals surface area contributed by atoms with Crippen LogP contribution in [0.2, 0.25) is 0 Å². The number of carbonyl (C=O) groups excluding carboxylic acids is 1. The number of amides is 2. The number of carbonyl (C=O) groups is 1. The zero-order chi connectivity index (χ0) is 15.8. The number of nitrogens with one attached hydrogen (secondary N) is 2. The van der Waals surface area contributed by atoms with E-state index in [0.717, 1.165) is 24.8 Å². The lowest BCUT2D eigenvalue weighted by atomic mass is 10.1. The van der Waals surface area contributed by atoms with Gasteiger partial charge in [-0.2, -0.15) is 11.3 Å². The van der Waals surface area contributed by atoms with Crippen LogP contribution < -0.4 is 10.6 Å². The summed E-state index contributed by atoms with van der Waals surface area (Å²) in [5, 5.41) is 19.2. The summed E-state index contributed by atoms with van der Waals surface area (Å²) >= 11 is 1.67. The maximum Gasteiger partial charge on any atom is 0.315 e. The Hall–Kier alpha value is -2.01. The highest BCUT2D eigenvalue weighted by atomic mass is 32.1. The zero-order valence-corrected chi connectivity index (χ0v) is 13.5. The molecule has 0 bridgehead atoms. The molecular formula is C17H22N2O2S. The number of urea groups is 1. The Labute approximate surface area is 135 Å². The van der Waals surface area contributed by atoms with Crippen molar-refractivity contribution in [3.63, 3.8) is 0 Å². The maximum absolute atomic E-state index is 11.8. The number of aryl methyl sites for hydroxylation is 1. The van der Waals surface area contributed by atoms with Crippen molar-refractivity contribution in [3.05, 3.63) is 52.2 Å². The summed E-state index contributed by atoms with van der Waals surface area (Å²) in [6.07, 6.45) is 2.60. The first kappa shape index (κ1) is 16.4. The van der Waals surface area contributed by atoms with E-state index in [9.17, 15) is 9.90 Å². The van der Waals surface area contributed by atoms with Gasteiger partial charge in [-0.3, -0.25) is 0 Å². The number of benzene rings is 1. The second-order valence-corrected chi connectivity index (χ2v) is 6.19. The van der Waals surface area contributed by atoms with Gasteiger partial charge in [0.25, 0.3) is 0 Å². The summed E-state index contributed by atoms with van der Waals surface area (Å²) < 4.78 is 0. The summed E-state index contributed by atoms with van der Waals surface area (Å²) in [5.74, 6) is 0.279. The summed E-state index contributed by atoms with van der Waals surface area (Å²) in [6, 6.07) is 9.25. The molecule has 3 N–H and O–H groups in total. The lowest BCUT2D eigenvalue weighted by Crippen LogP contribution is -2.42. The van der Waals surface area contributed by atoms with E-state index in [1.165, 1.54) is 5.56 Å². The molecule has 0 saturated carbocycles. The zero-order valence-electron chi connectivity index (χ0n) is 12.7. The van der Waals surface area contributed by atoms with Gasteiger partial charge in [0, 0.05) is 12.6 Å². The molecule has 0 spiro atoms. The van der Waals surface area contributed by atoms with Gasteiger partial charge in [-0.05, 0) is 66.3 Å². The van der Waals surface area contributed by atoms with Gasteiger partial charge < -0.3 is 15.7 Å². The molecule has 0 saturated heterocycles.